The van der Waals surface area contributed by atoms with Crippen LogP contribution in [-0.2, 0) is 0 Å². The zero-order valence-corrected chi connectivity index (χ0v) is 11.3. The maximum absolute atomic E-state index is 9.54. The van der Waals surface area contributed by atoms with Gasteiger partial charge in [0, 0.05) is 5.56 Å². The molecule has 1 N–H and O–H groups in total. The Morgan fingerprint density at radius 1 is 0.812 bits per heavy atom. The van der Waals surface area contributed by atoms with Crippen molar-refractivity contribution in [2.24, 2.45) is 0 Å². The van der Waals surface area contributed by atoms with E-state index in [-0.39, 0.29) is 31.0 Å². The second-order valence-corrected chi connectivity index (χ2v) is 3.30. The van der Waals surface area contributed by atoms with E-state index in [0.29, 0.717) is 5.75 Å². The topological polar surface area (TPSA) is 20.2 Å². The predicted octanol–water partition coefficient (Wildman–Crippen LogP) is 0.679. The van der Waals surface area contributed by atoms with Crippen molar-refractivity contribution in [3.05, 3.63) is 65.7 Å². The van der Waals surface area contributed by atoms with Gasteiger partial charge in [0.15, 0.2) is 0 Å². The van der Waals surface area contributed by atoms with Crippen molar-refractivity contribution in [2.45, 2.75) is 0 Å². The van der Waals surface area contributed by atoms with Gasteiger partial charge in [-0.25, -0.2) is 0 Å². The number of phenolic OH excluding ortho intramolecular Hbond substituents is 1. The molecule has 0 amide bonds. The second-order valence-electron chi connectivity index (χ2n) is 3.30. The van der Waals surface area contributed by atoms with Gasteiger partial charge in [0.05, 0.1) is 0 Å². The van der Waals surface area contributed by atoms with Gasteiger partial charge in [-0.05, 0) is 11.6 Å². The summed E-state index contributed by atoms with van der Waals surface area (Å²) in [4.78, 5) is 0. The van der Waals surface area contributed by atoms with Crippen LogP contribution in [0.5, 0.6) is 5.75 Å². The first-order chi connectivity index (χ1) is 7.36. The summed E-state index contributed by atoms with van der Waals surface area (Å²) >= 11 is 0. The molecule has 1 nitrogen and oxygen atoms in total. The summed E-state index contributed by atoms with van der Waals surface area (Å²) in [5, 5.41) is 9.54. The Morgan fingerprint density at radius 2 is 1.44 bits per heavy atom. The first-order valence-corrected chi connectivity index (χ1v) is 4.87. The average molecular weight is 220 g/mol. The van der Waals surface area contributed by atoms with Crippen LogP contribution >= 0.6 is 0 Å². The number of phenols is 1. The summed E-state index contributed by atoms with van der Waals surface area (Å²) in [6.45, 7) is 0. The van der Waals surface area contributed by atoms with E-state index in [9.17, 15) is 5.11 Å². The molecule has 0 aromatic heterocycles. The van der Waals surface area contributed by atoms with Gasteiger partial charge in [0.25, 0.3) is 0 Å². The normalized spacial score (nSPS) is 10.0. The molecular formula is C14H13NaO. The zero-order valence-electron chi connectivity index (χ0n) is 10.3. The Balaban J connectivity index is 0.00000128. The van der Waals surface area contributed by atoms with Crippen molar-refractivity contribution in [1.82, 2.24) is 0 Å². The van der Waals surface area contributed by atoms with Gasteiger partial charge < -0.3 is 6.53 Å². The van der Waals surface area contributed by atoms with Crippen LogP contribution in [0.15, 0.2) is 54.6 Å². The van der Waals surface area contributed by atoms with E-state index >= 15 is 0 Å². The van der Waals surface area contributed by atoms with Crippen molar-refractivity contribution in [3.8, 4) is 5.75 Å². The molecule has 0 aliphatic carbocycles. The molecule has 0 saturated heterocycles. The fraction of sp³-hybridized carbons (Fsp3) is 0. The molecule has 76 valence electrons. The van der Waals surface area contributed by atoms with E-state index in [1.807, 2.05) is 60.7 Å². The molecule has 2 aromatic rings. The molecule has 2 aromatic carbocycles. The van der Waals surface area contributed by atoms with Crippen molar-refractivity contribution in [1.29, 1.82) is 0 Å². The van der Waals surface area contributed by atoms with E-state index in [0.717, 1.165) is 11.1 Å². The molecule has 0 aliphatic rings. The third kappa shape index (κ3) is 3.53. The predicted molar refractivity (Wildman–Crippen MR) is 64.6 cm³/mol. The van der Waals surface area contributed by atoms with Crippen LogP contribution in [0.2, 0.25) is 0 Å². The van der Waals surface area contributed by atoms with Crippen molar-refractivity contribution < 1.29 is 36.1 Å². The van der Waals surface area contributed by atoms with E-state index < -0.39 is 0 Å². The molecule has 0 heterocycles. The Hall–Kier alpha value is -1.02. The zero-order chi connectivity index (χ0) is 10.5. The number of aromatic hydroxyl groups is 1. The fourth-order valence-electron chi connectivity index (χ4n) is 1.38. The summed E-state index contributed by atoms with van der Waals surface area (Å²) in [7, 11) is 0. The third-order valence-electron chi connectivity index (χ3n) is 2.19. The molecule has 2 heteroatoms. The maximum atomic E-state index is 9.54. The molecule has 2 rings (SSSR count). The molecule has 0 unspecified atom stereocenters. The van der Waals surface area contributed by atoms with Gasteiger partial charge in [0.2, 0.25) is 0 Å². The standard InChI is InChI=1S/C14H12O.Na.H/c15-14-9-5-4-8-13(14)11-10-12-6-2-1-3-7-12;;/h1-11,15H;;/q;+1;-1. The van der Waals surface area contributed by atoms with Crippen LogP contribution in [0.4, 0.5) is 0 Å². The van der Waals surface area contributed by atoms with Gasteiger partial charge in [-0.1, -0.05) is 60.7 Å². The Labute approximate surface area is 119 Å². The minimum atomic E-state index is 0. The summed E-state index contributed by atoms with van der Waals surface area (Å²) < 4.78 is 0. The molecule has 0 bridgehead atoms. The number of benzene rings is 2. The smallest absolute Gasteiger partial charge is 1.00 e. The monoisotopic (exact) mass is 220 g/mol. The van der Waals surface area contributed by atoms with Gasteiger partial charge in [-0.15, -0.1) is 0 Å². The van der Waals surface area contributed by atoms with E-state index in [4.69, 9.17) is 0 Å². The van der Waals surface area contributed by atoms with E-state index in [1.54, 1.807) is 6.07 Å². The summed E-state index contributed by atoms with van der Waals surface area (Å²) in [6, 6.07) is 17.3. The van der Waals surface area contributed by atoms with Crippen molar-refractivity contribution >= 4 is 12.2 Å². The van der Waals surface area contributed by atoms with E-state index in [2.05, 4.69) is 0 Å². The molecule has 0 saturated carbocycles. The first-order valence-electron chi connectivity index (χ1n) is 4.87. The van der Waals surface area contributed by atoms with Gasteiger partial charge >= 0.3 is 29.6 Å². The van der Waals surface area contributed by atoms with Gasteiger partial charge in [0.1, 0.15) is 5.75 Å². The van der Waals surface area contributed by atoms with Crippen LogP contribution in [0.3, 0.4) is 0 Å². The van der Waals surface area contributed by atoms with Crippen LogP contribution in [0.1, 0.15) is 12.6 Å². The Bertz CT molecular complexity index is 469. The minimum Gasteiger partial charge on any atom is -1.00 e. The van der Waals surface area contributed by atoms with Crippen LogP contribution in [-0.4, -0.2) is 5.11 Å². The van der Waals surface area contributed by atoms with E-state index in [1.165, 1.54) is 0 Å². The molecular weight excluding hydrogens is 207 g/mol. The summed E-state index contributed by atoms with van der Waals surface area (Å²) in [5.74, 6) is 0.310. The SMILES string of the molecule is Oc1ccccc1C=Cc1ccccc1.[H-].[Na+]. The number of rotatable bonds is 2. The largest absolute Gasteiger partial charge is 1.00 e. The third-order valence-corrected chi connectivity index (χ3v) is 2.19. The molecule has 0 fully saturated rings. The number of hydrogen-bond acceptors (Lipinski definition) is 1. The number of hydrogen-bond donors (Lipinski definition) is 1. The average Bonchev–Trinajstić information content (AvgIpc) is 2.29. The fourth-order valence-corrected chi connectivity index (χ4v) is 1.38. The van der Waals surface area contributed by atoms with Crippen LogP contribution in [0.25, 0.3) is 12.2 Å². The Morgan fingerprint density at radius 3 is 2.12 bits per heavy atom. The first kappa shape index (κ1) is 13.0. The molecule has 0 atom stereocenters. The molecule has 16 heavy (non-hydrogen) atoms. The second kappa shape index (κ2) is 6.54. The van der Waals surface area contributed by atoms with Gasteiger partial charge in [-0.3, -0.25) is 0 Å². The Kier molecular flexibility index (Phi) is 5.33. The summed E-state index contributed by atoms with van der Waals surface area (Å²) in [6.07, 6.45) is 3.89. The minimum absolute atomic E-state index is 0. The van der Waals surface area contributed by atoms with Crippen LogP contribution in [0, 0.1) is 0 Å². The quantitative estimate of drug-likeness (QED) is 0.583. The van der Waals surface area contributed by atoms with Crippen molar-refractivity contribution in [2.75, 3.05) is 0 Å². The maximum Gasteiger partial charge on any atom is 1.00 e. The van der Waals surface area contributed by atoms with Crippen LogP contribution < -0.4 is 29.6 Å². The number of para-hydroxylation sites is 1. The molecule has 0 spiro atoms. The summed E-state index contributed by atoms with van der Waals surface area (Å²) in [5.41, 5.74) is 1.96. The molecule has 0 radical (unpaired) electrons. The van der Waals surface area contributed by atoms with Crippen molar-refractivity contribution in [3.63, 3.8) is 0 Å². The van der Waals surface area contributed by atoms with Gasteiger partial charge in [-0.2, -0.15) is 0 Å². The molecule has 0 aliphatic heterocycles.